The van der Waals surface area contributed by atoms with Crippen molar-refractivity contribution < 1.29 is 8.91 Å². The van der Waals surface area contributed by atoms with Gasteiger partial charge in [0.2, 0.25) is 0 Å². The molecule has 0 saturated heterocycles. The minimum Gasteiger partial charge on any atom is -0.355 e. The number of hydrogen-bond acceptors (Lipinski definition) is 3. The largest absolute Gasteiger partial charge is 0.355 e. The number of fused-ring (bicyclic) bond motifs is 1. The number of nitrogens with zero attached hydrogens (tertiary/aromatic N) is 2. The molecular formula is C15H9FN2O. The van der Waals surface area contributed by atoms with Crippen molar-refractivity contribution in [3.63, 3.8) is 0 Å². The van der Waals surface area contributed by atoms with Crippen molar-refractivity contribution in [3.8, 4) is 17.4 Å². The summed E-state index contributed by atoms with van der Waals surface area (Å²) in [6.07, 6.45) is 0.284. The van der Waals surface area contributed by atoms with Crippen LogP contribution in [-0.4, -0.2) is 5.16 Å². The quantitative estimate of drug-likeness (QED) is 0.698. The average molecular weight is 252 g/mol. The molecule has 0 aliphatic heterocycles. The van der Waals surface area contributed by atoms with E-state index in [0.29, 0.717) is 11.3 Å². The third kappa shape index (κ3) is 1.95. The number of rotatable bonds is 2. The fourth-order valence-electron chi connectivity index (χ4n) is 2.06. The highest BCUT2D eigenvalue weighted by atomic mass is 19.1. The number of benzene rings is 2. The first-order valence-corrected chi connectivity index (χ1v) is 5.80. The summed E-state index contributed by atoms with van der Waals surface area (Å²) in [5.41, 5.74) is 2.28. The Bertz CT molecular complexity index is 769. The summed E-state index contributed by atoms with van der Waals surface area (Å²) in [4.78, 5) is 0. The van der Waals surface area contributed by atoms with Crippen LogP contribution in [0.2, 0.25) is 0 Å². The summed E-state index contributed by atoms with van der Waals surface area (Å²) in [5, 5.41) is 13.6. The minimum atomic E-state index is -0.294. The molecule has 0 saturated carbocycles. The average Bonchev–Trinajstić information content (AvgIpc) is 2.85. The van der Waals surface area contributed by atoms with E-state index in [2.05, 4.69) is 11.2 Å². The molecule has 1 aromatic heterocycles. The van der Waals surface area contributed by atoms with Crippen LogP contribution in [0.4, 0.5) is 4.39 Å². The fraction of sp³-hybridized carbons (Fsp3) is 0.0667. The molecule has 0 radical (unpaired) electrons. The highest BCUT2D eigenvalue weighted by molar-refractivity contribution is 5.93. The number of halogens is 1. The Hall–Kier alpha value is -2.67. The van der Waals surface area contributed by atoms with E-state index < -0.39 is 0 Å². The van der Waals surface area contributed by atoms with Crippen molar-refractivity contribution in [1.29, 1.82) is 5.26 Å². The third-order valence-corrected chi connectivity index (χ3v) is 2.97. The van der Waals surface area contributed by atoms with Gasteiger partial charge in [0.25, 0.3) is 0 Å². The summed E-state index contributed by atoms with van der Waals surface area (Å²) < 4.78 is 18.3. The summed E-state index contributed by atoms with van der Waals surface area (Å²) in [6.45, 7) is 0. The molecule has 0 bridgehead atoms. The molecule has 0 N–H and O–H groups in total. The van der Waals surface area contributed by atoms with Crippen LogP contribution in [0.25, 0.3) is 22.2 Å². The summed E-state index contributed by atoms with van der Waals surface area (Å²) in [7, 11) is 0. The van der Waals surface area contributed by atoms with Crippen LogP contribution in [0, 0.1) is 17.1 Å². The smallest absolute Gasteiger partial charge is 0.174 e. The molecule has 19 heavy (non-hydrogen) atoms. The number of hydrogen-bond donors (Lipinski definition) is 0. The first-order valence-electron chi connectivity index (χ1n) is 5.80. The van der Waals surface area contributed by atoms with Gasteiger partial charge in [0.15, 0.2) is 5.76 Å². The van der Waals surface area contributed by atoms with E-state index in [1.54, 1.807) is 12.1 Å². The lowest BCUT2D eigenvalue weighted by Gasteiger charge is -1.97. The van der Waals surface area contributed by atoms with Gasteiger partial charge in [0, 0.05) is 5.56 Å². The highest BCUT2D eigenvalue weighted by Gasteiger charge is 2.13. The van der Waals surface area contributed by atoms with Crippen LogP contribution in [-0.2, 0) is 6.42 Å². The first-order chi connectivity index (χ1) is 9.29. The first kappa shape index (κ1) is 11.4. The van der Waals surface area contributed by atoms with E-state index in [-0.39, 0.29) is 12.2 Å². The van der Waals surface area contributed by atoms with Gasteiger partial charge in [0.1, 0.15) is 11.3 Å². The lowest BCUT2D eigenvalue weighted by molar-refractivity contribution is 0.440. The van der Waals surface area contributed by atoms with E-state index in [4.69, 9.17) is 9.78 Å². The Labute approximate surface area is 108 Å². The second kappa shape index (κ2) is 4.54. The molecule has 0 aliphatic carbocycles. The van der Waals surface area contributed by atoms with Crippen LogP contribution in [0.3, 0.4) is 0 Å². The highest BCUT2D eigenvalue weighted by Crippen LogP contribution is 2.30. The van der Waals surface area contributed by atoms with Gasteiger partial charge in [-0.25, -0.2) is 4.39 Å². The van der Waals surface area contributed by atoms with Crippen LogP contribution in [0.5, 0.6) is 0 Å². The van der Waals surface area contributed by atoms with Crippen LogP contribution < -0.4 is 0 Å². The van der Waals surface area contributed by atoms with E-state index in [1.807, 2.05) is 18.2 Å². The van der Waals surface area contributed by atoms with Gasteiger partial charge < -0.3 is 4.52 Å². The Kier molecular flexibility index (Phi) is 2.73. The zero-order valence-corrected chi connectivity index (χ0v) is 9.93. The van der Waals surface area contributed by atoms with Crippen molar-refractivity contribution in [2.45, 2.75) is 6.42 Å². The maximum Gasteiger partial charge on any atom is 0.174 e. The van der Waals surface area contributed by atoms with Gasteiger partial charge >= 0.3 is 0 Å². The molecule has 3 aromatic rings. The lowest BCUT2D eigenvalue weighted by atomic mass is 10.0. The standard InChI is InChI=1S/C15H9FN2O/c16-12-6-4-11(5-7-12)15-13-3-1-2-10(8-9-17)14(13)18-19-15/h1-7H,8H2. The number of nitriles is 1. The zero-order valence-electron chi connectivity index (χ0n) is 9.93. The molecule has 0 spiro atoms. The van der Waals surface area contributed by atoms with E-state index >= 15 is 0 Å². The van der Waals surface area contributed by atoms with Crippen molar-refractivity contribution in [2.75, 3.05) is 0 Å². The molecule has 2 aromatic carbocycles. The third-order valence-electron chi connectivity index (χ3n) is 2.97. The SMILES string of the molecule is N#CCc1cccc2c(-c3ccc(F)cc3)onc12. The summed E-state index contributed by atoms with van der Waals surface area (Å²) in [6, 6.07) is 13.7. The molecule has 3 rings (SSSR count). The maximum absolute atomic E-state index is 12.9. The lowest BCUT2D eigenvalue weighted by Crippen LogP contribution is -1.83. The van der Waals surface area contributed by atoms with Gasteiger partial charge in [-0.05, 0) is 35.9 Å². The molecular weight excluding hydrogens is 243 g/mol. The van der Waals surface area contributed by atoms with Gasteiger partial charge in [-0.15, -0.1) is 0 Å². The molecule has 0 amide bonds. The van der Waals surface area contributed by atoms with Crippen molar-refractivity contribution in [1.82, 2.24) is 5.16 Å². The molecule has 4 heteroatoms. The molecule has 0 unspecified atom stereocenters. The second-order valence-electron chi connectivity index (χ2n) is 4.17. The van der Waals surface area contributed by atoms with Gasteiger partial charge in [-0.2, -0.15) is 5.26 Å². The predicted octanol–water partition coefficient (Wildman–Crippen LogP) is 3.70. The Morgan fingerprint density at radius 1 is 1.16 bits per heavy atom. The van der Waals surface area contributed by atoms with Gasteiger partial charge in [-0.1, -0.05) is 17.3 Å². The monoisotopic (exact) mass is 252 g/mol. The maximum atomic E-state index is 12.9. The molecule has 0 aliphatic rings. The van der Waals surface area contributed by atoms with Crippen molar-refractivity contribution in [3.05, 3.63) is 53.8 Å². The Morgan fingerprint density at radius 2 is 1.95 bits per heavy atom. The van der Waals surface area contributed by atoms with Crippen LogP contribution >= 0.6 is 0 Å². The molecule has 1 heterocycles. The molecule has 92 valence electrons. The van der Waals surface area contributed by atoms with E-state index in [9.17, 15) is 4.39 Å². The van der Waals surface area contributed by atoms with Crippen molar-refractivity contribution >= 4 is 10.9 Å². The Morgan fingerprint density at radius 3 is 2.68 bits per heavy atom. The predicted molar refractivity (Wildman–Crippen MR) is 68.7 cm³/mol. The number of aromatic nitrogens is 1. The molecule has 0 fully saturated rings. The molecule has 3 nitrogen and oxygen atoms in total. The zero-order chi connectivity index (χ0) is 13.2. The Balaban J connectivity index is 2.18. The van der Waals surface area contributed by atoms with Gasteiger partial charge in [0.05, 0.1) is 17.9 Å². The minimum absolute atomic E-state index is 0.284. The molecule has 0 atom stereocenters. The van der Waals surface area contributed by atoms with Crippen molar-refractivity contribution in [2.24, 2.45) is 0 Å². The summed E-state index contributed by atoms with van der Waals surface area (Å²) >= 11 is 0. The van der Waals surface area contributed by atoms with Crippen LogP contribution in [0.1, 0.15) is 5.56 Å². The topological polar surface area (TPSA) is 49.8 Å². The van der Waals surface area contributed by atoms with Crippen LogP contribution in [0.15, 0.2) is 47.0 Å². The normalized spacial score (nSPS) is 10.5. The second-order valence-corrected chi connectivity index (χ2v) is 4.17. The van der Waals surface area contributed by atoms with E-state index in [0.717, 1.165) is 16.5 Å². The van der Waals surface area contributed by atoms with E-state index in [1.165, 1.54) is 12.1 Å². The summed E-state index contributed by atoms with van der Waals surface area (Å²) in [5.74, 6) is 0.299. The fourth-order valence-corrected chi connectivity index (χ4v) is 2.06. The van der Waals surface area contributed by atoms with Gasteiger partial charge in [-0.3, -0.25) is 0 Å².